The zero-order valence-electron chi connectivity index (χ0n) is 12.0. The van der Waals surface area contributed by atoms with E-state index < -0.39 is 24.8 Å². The molecular formula is C14H11F3N2O4S. The number of carbonyl (C=O) groups is 2. The van der Waals surface area contributed by atoms with Gasteiger partial charge in [-0.15, -0.1) is 24.5 Å². The normalized spacial score (nSPS) is 11.1. The number of alkyl halides is 3. The van der Waals surface area contributed by atoms with E-state index >= 15 is 0 Å². The van der Waals surface area contributed by atoms with Gasteiger partial charge in [-0.25, -0.2) is 4.98 Å². The van der Waals surface area contributed by atoms with Gasteiger partial charge in [0.1, 0.15) is 17.3 Å². The highest BCUT2D eigenvalue weighted by atomic mass is 32.1. The maximum atomic E-state index is 12.1. The van der Waals surface area contributed by atoms with Crippen LogP contribution in [0.2, 0.25) is 0 Å². The van der Waals surface area contributed by atoms with Gasteiger partial charge in [0, 0.05) is 10.9 Å². The summed E-state index contributed by atoms with van der Waals surface area (Å²) in [6.07, 6.45) is -4.84. The van der Waals surface area contributed by atoms with Crippen LogP contribution < -0.4 is 10.1 Å². The molecule has 0 aliphatic heterocycles. The molecule has 0 saturated heterocycles. The van der Waals surface area contributed by atoms with E-state index in [2.05, 4.69) is 15.0 Å². The molecule has 0 radical (unpaired) electrons. The Bertz CT molecular complexity index is 728. The number of nitrogens with one attached hydrogen (secondary N) is 1. The molecule has 6 nitrogen and oxygen atoms in total. The summed E-state index contributed by atoms with van der Waals surface area (Å²) in [7, 11) is 0. The lowest BCUT2D eigenvalue weighted by Gasteiger charge is -2.08. The molecular weight excluding hydrogens is 349 g/mol. The van der Waals surface area contributed by atoms with Crippen molar-refractivity contribution >= 4 is 23.2 Å². The number of aromatic nitrogens is 1. The number of amides is 1. The summed E-state index contributed by atoms with van der Waals surface area (Å²) in [6, 6.07) is 5.19. The molecule has 0 bridgehead atoms. The molecule has 0 aliphatic carbocycles. The first-order valence-corrected chi connectivity index (χ1v) is 7.40. The third-order valence-electron chi connectivity index (χ3n) is 2.67. The second-order valence-electron chi connectivity index (χ2n) is 4.56. The number of aliphatic carboxylic acids is 1. The fourth-order valence-corrected chi connectivity index (χ4v) is 2.55. The number of carboxylic acids is 1. The molecule has 2 aromatic rings. The van der Waals surface area contributed by atoms with E-state index in [0.717, 1.165) is 0 Å². The number of hydrogen-bond acceptors (Lipinski definition) is 5. The zero-order chi connectivity index (χ0) is 17.7. The average molecular weight is 360 g/mol. The Balaban J connectivity index is 2.00. The third-order valence-corrected chi connectivity index (χ3v) is 3.61. The molecule has 1 aromatic carbocycles. The minimum absolute atomic E-state index is 0.0843. The number of halogens is 3. The lowest BCUT2D eigenvalue weighted by molar-refractivity contribution is -0.274. The van der Waals surface area contributed by atoms with Crippen LogP contribution in [0.4, 0.5) is 13.2 Å². The summed E-state index contributed by atoms with van der Waals surface area (Å²) < 4.78 is 40.1. The van der Waals surface area contributed by atoms with Crippen molar-refractivity contribution < 1.29 is 32.6 Å². The number of nitrogens with zero attached hydrogens (tertiary/aromatic N) is 1. The summed E-state index contributed by atoms with van der Waals surface area (Å²) in [5.41, 5.74) is 1.01. The number of thiazole rings is 1. The van der Waals surface area contributed by atoms with Gasteiger partial charge in [0.05, 0.1) is 12.1 Å². The first-order valence-electron chi connectivity index (χ1n) is 6.52. The van der Waals surface area contributed by atoms with Crippen LogP contribution in [0, 0.1) is 0 Å². The van der Waals surface area contributed by atoms with E-state index in [1.165, 1.54) is 35.6 Å². The second kappa shape index (κ2) is 7.30. The van der Waals surface area contributed by atoms with Crippen LogP contribution >= 0.6 is 11.3 Å². The highest BCUT2D eigenvalue weighted by Crippen LogP contribution is 2.28. The van der Waals surface area contributed by atoms with Crippen LogP contribution in [0.15, 0.2) is 29.6 Å². The quantitative estimate of drug-likeness (QED) is 0.826. The first kappa shape index (κ1) is 17.7. The van der Waals surface area contributed by atoms with Crippen molar-refractivity contribution in [3.8, 4) is 16.3 Å². The van der Waals surface area contributed by atoms with Crippen molar-refractivity contribution in [2.75, 3.05) is 6.54 Å². The van der Waals surface area contributed by atoms with Gasteiger partial charge in [0.25, 0.3) is 0 Å². The Morgan fingerprint density at radius 3 is 2.50 bits per heavy atom. The lowest BCUT2D eigenvalue weighted by atomic mass is 10.2. The van der Waals surface area contributed by atoms with Crippen LogP contribution in [0.5, 0.6) is 5.75 Å². The Kier molecular flexibility index (Phi) is 5.39. The summed E-state index contributed by atoms with van der Waals surface area (Å²) >= 11 is 1.22. The predicted octanol–water partition coefficient (Wildman–Crippen LogP) is 2.45. The van der Waals surface area contributed by atoms with Crippen molar-refractivity contribution in [2.45, 2.75) is 12.8 Å². The number of benzene rings is 1. The maximum absolute atomic E-state index is 12.1. The van der Waals surface area contributed by atoms with Crippen molar-refractivity contribution in [2.24, 2.45) is 0 Å². The molecule has 1 aromatic heterocycles. The Labute approximate surface area is 137 Å². The summed E-state index contributed by atoms with van der Waals surface area (Å²) in [5, 5.41) is 12.8. The minimum atomic E-state index is -4.75. The third kappa shape index (κ3) is 5.54. The molecule has 0 saturated carbocycles. The summed E-state index contributed by atoms with van der Waals surface area (Å²) in [5.74, 6) is -1.97. The van der Waals surface area contributed by atoms with Crippen LogP contribution in [0.1, 0.15) is 5.69 Å². The standard InChI is InChI=1S/C14H11F3N2O4S/c15-14(16,17)23-10-3-1-8(2-4-10)13-19-9(7-24-13)5-11(20)18-6-12(21)22/h1-4,7H,5-6H2,(H,18,20)(H,21,22). The molecule has 1 heterocycles. The molecule has 10 heteroatoms. The van der Waals surface area contributed by atoms with Crippen LogP contribution in [0.3, 0.4) is 0 Å². The van der Waals surface area contributed by atoms with E-state index in [0.29, 0.717) is 16.3 Å². The van der Waals surface area contributed by atoms with E-state index in [1.807, 2.05) is 0 Å². The maximum Gasteiger partial charge on any atom is 0.573 e. The number of carbonyl (C=O) groups excluding carboxylic acids is 1. The second-order valence-corrected chi connectivity index (χ2v) is 5.42. The van der Waals surface area contributed by atoms with E-state index in [9.17, 15) is 22.8 Å². The molecule has 1 amide bonds. The van der Waals surface area contributed by atoms with Crippen molar-refractivity contribution in [1.82, 2.24) is 10.3 Å². The van der Waals surface area contributed by atoms with Gasteiger partial charge in [-0.3, -0.25) is 9.59 Å². The highest BCUT2D eigenvalue weighted by Gasteiger charge is 2.31. The van der Waals surface area contributed by atoms with E-state index in [-0.39, 0.29) is 12.2 Å². The smallest absolute Gasteiger partial charge is 0.480 e. The van der Waals surface area contributed by atoms with E-state index in [1.54, 1.807) is 5.38 Å². The molecule has 128 valence electrons. The number of hydrogen-bond donors (Lipinski definition) is 2. The fraction of sp³-hybridized carbons (Fsp3) is 0.214. The van der Waals surface area contributed by atoms with Crippen LogP contribution in [-0.2, 0) is 16.0 Å². The first-order chi connectivity index (χ1) is 11.2. The summed E-state index contributed by atoms with van der Waals surface area (Å²) in [4.78, 5) is 26.1. The Morgan fingerprint density at radius 2 is 1.92 bits per heavy atom. The van der Waals surface area contributed by atoms with Crippen molar-refractivity contribution in [3.05, 3.63) is 35.3 Å². The van der Waals surface area contributed by atoms with Crippen LogP contribution in [0.25, 0.3) is 10.6 Å². The van der Waals surface area contributed by atoms with Gasteiger partial charge in [0.15, 0.2) is 0 Å². The van der Waals surface area contributed by atoms with Gasteiger partial charge in [-0.05, 0) is 24.3 Å². The highest BCUT2D eigenvalue weighted by molar-refractivity contribution is 7.13. The van der Waals surface area contributed by atoms with Gasteiger partial charge < -0.3 is 15.2 Å². The molecule has 0 atom stereocenters. The van der Waals surface area contributed by atoms with E-state index in [4.69, 9.17) is 5.11 Å². The SMILES string of the molecule is O=C(O)CNC(=O)Cc1csc(-c2ccc(OC(F)(F)F)cc2)n1. The number of ether oxygens (including phenoxy) is 1. The number of rotatable bonds is 6. The Morgan fingerprint density at radius 1 is 1.25 bits per heavy atom. The number of carboxylic acid groups (broad SMARTS) is 1. The average Bonchev–Trinajstić information content (AvgIpc) is 2.92. The monoisotopic (exact) mass is 360 g/mol. The topological polar surface area (TPSA) is 88.5 Å². The van der Waals surface area contributed by atoms with Crippen molar-refractivity contribution in [1.29, 1.82) is 0 Å². The Hall–Kier alpha value is -2.62. The molecule has 0 aliphatic rings. The summed E-state index contributed by atoms with van der Waals surface area (Å²) in [6.45, 7) is -0.476. The molecule has 2 N–H and O–H groups in total. The molecule has 0 fully saturated rings. The van der Waals surface area contributed by atoms with Crippen molar-refractivity contribution in [3.63, 3.8) is 0 Å². The van der Waals surface area contributed by atoms with Gasteiger partial charge in [-0.2, -0.15) is 0 Å². The largest absolute Gasteiger partial charge is 0.573 e. The van der Waals surface area contributed by atoms with Gasteiger partial charge in [0.2, 0.25) is 5.91 Å². The van der Waals surface area contributed by atoms with Gasteiger partial charge >= 0.3 is 12.3 Å². The van der Waals surface area contributed by atoms with Gasteiger partial charge in [-0.1, -0.05) is 0 Å². The fourth-order valence-electron chi connectivity index (χ4n) is 1.72. The zero-order valence-corrected chi connectivity index (χ0v) is 12.8. The molecule has 2 rings (SSSR count). The molecule has 0 unspecified atom stereocenters. The molecule has 0 spiro atoms. The minimum Gasteiger partial charge on any atom is -0.480 e. The van der Waals surface area contributed by atoms with Crippen LogP contribution in [-0.4, -0.2) is 34.9 Å². The molecule has 24 heavy (non-hydrogen) atoms. The predicted molar refractivity (Wildman–Crippen MR) is 78.6 cm³/mol. The lowest BCUT2D eigenvalue weighted by Crippen LogP contribution is -2.30.